The molecule has 110 valence electrons. The standard InChI is InChI=1S/C14H17FN2OS.ClH/c15-9-3-4-13-10(8-9)11(5-7-19-13)17-14(18)12-2-1-6-16-12;/h3-4,8,11-12,16H,1-2,5-7H2,(H,17,18);1H. The van der Waals surface area contributed by atoms with E-state index in [9.17, 15) is 9.18 Å². The lowest BCUT2D eigenvalue weighted by atomic mass is 10.0. The zero-order valence-electron chi connectivity index (χ0n) is 11.0. The van der Waals surface area contributed by atoms with Crippen LogP contribution in [-0.4, -0.2) is 24.2 Å². The summed E-state index contributed by atoms with van der Waals surface area (Å²) in [6.45, 7) is 0.907. The first-order valence-corrected chi connectivity index (χ1v) is 7.68. The van der Waals surface area contributed by atoms with Gasteiger partial charge in [0.15, 0.2) is 0 Å². The molecule has 1 aromatic carbocycles. The monoisotopic (exact) mass is 316 g/mol. The van der Waals surface area contributed by atoms with E-state index in [1.165, 1.54) is 6.07 Å². The lowest BCUT2D eigenvalue weighted by Crippen LogP contribution is -2.42. The van der Waals surface area contributed by atoms with Crippen molar-refractivity contribution in [1.82, 2.24) is 10.6 Å². The first-order valence-electron chi connectivity index (χ1n) is 6.70. The first-order chi connectivity index (χ1) is 9.24. The van der Waals surface area contributed by atoms with Crippen molar-refractivity contribution in [3.8, 4) is 0 Å². The molecular formula is C14H18ClFN2OS. The Kier molecular flexibility index (Phi) is 5.29. The number of thioether (sulfide) groups is 1. The van der Waals surface area contributed by atoms with Crippen LogP contribution in [0.5, 0.6) is 0 Å². The molecule has 2 aliphatic rings. The molecule has 1 amide bonds. The second-order valence-electron chi connectivity index (χ2n) is 5.03. The molecule has 20 heavy (non-hydrogen) atoms. The Bertz CT molecular complexity index is 494. The summed E-state index contributed by atoms with van der Waals surface area (Å²) in [5.74, 6) is 0.769. The van der Waals surface area contributed by atoms with Gasteiger partial charge in [0.05, 0.1) is 12.1 Å². The summed E-state index contributed by atoms with van der Waals surface area (Å²) in [7, 11) is 0. The summed E-state index contributed by atoms with van der Waals surface area (Å²) < 4.78 is 13.4. The molecular weight excluding hydrogens is 299 g/mol. The molecule has 2 unspecified atom stereocenters. The fourth-order valence-electron chi connectivity index (χ4n) is 2.70. The zero-order chi connectivity index (χ0) is 13.2. The topological polar surface area (TPSA) is 41.1 Å². The van der Waals surface area contributed by atoms with Gasteiger partial charge in [-0.25, -0.2) is 4.39 Å². The van der Waals surface area contributed by atoms with Crippen molar-refractivity contribution in [1.29, 1.82) is 0 Å². The van der Waals surface area contributed by atoms with Crippen molar-refractivity contribution in [2.24, 2.45) is 0 Å². The predicted octanol–water partition coefficient (Wildman–Crippen LogP) is 2.65. The summed E-state index contributed by atoms with van der Waals surface area (Å²) in [5, 5.41) is 6.25. The lowest BCUT2D eigenvalue weighted by molar-refractivity contribution is -0.123. The maximum Gasteiger partial charge on any atom is 0.237 e. The minimum absolute atomic E-state index is 0. The number of amides is 1. The predicted molar refractivity (Wildman–Crippen MR) is 80.9 cm³/mol. The van der Waals surface area contributed by atoms with E-state index >= 15 is 0 Å². The van der Waals surface area contributed by atoms with Crippen molar-refractivity contribution in [3.05, 3.63) is 29.6 Å². The first kappa shape index (κ1) is 15.6. The molecule has 1 fully saturated rings. The number of carbonyl (C=O) groups is 1. The molecule has 0 bridgehead atoms. The van der Waals surface area contributed by atoms with E-state index in [1.54, 1.807) is 17.8 Å². The van der Waals surface area contributed by atoms with Crippen LogP contribution in [0.4, 0.5) is 4.39 Å². The van der Waals surface area contributed by atoms with Crippen LogP contribution in [0.1, 0.15) is 30.9 Å². The van der Waals surface area contributed by atoms with Gasteiger partial charge in [-0.15, -0.1) is 24.2 Å². The van der Waals surface area contributed by atoms with E-state index in [-0.39, 0.29) is 36.2 Å². The minimum Gasteiger partial charge on any atom is -0.348 e. The quantitative estimate of drug-likeness (QED) is 0.881. The number of halogens is 2. The zero-order valence-corrected chi connectivity index (χ0v) is 12.7. The van der Waals surface area contributed by atoms with E-state index < -0.39 is 0 Å². The Morgan fingerprint density at radius 3 is 3.00 bits per heavy atom. The van der Waals surface area contributed by atoms with Gasteiger partial charge in [-0.1, -0.05) is 0 Å². The van der Waals surface area contributed by atoms with Crippen molar-refractivity contribution >= 4 is 30.1 Å². The maximum absolute atomic E-state index is 13.4. The highest BCUT2D eigenvalue weighted by atomic mass is 35.5. The Balaban J connectivity index is 0.00000147. The third kappa shape index (κ3) is 3.27. The summed E-state index contributed by atoms with van der Waals surface area (Å²) in [6.07, 6.45) is 2.80. The number of rotatable bonds is 2. The average molecular weight is 317 g/mol. The molecule has 2 heterocycles. The normalized spacial score (nSPS) is 24.6. The van der Waals surface area contributed by atoms with Gasteiger partial charge in [0.25, 0.3) is 0 Å². The number of benzene rings is 1. The summed E-state index contributed by atoms with van der Waals surface area (Å²) in [4.78, 5) is 13.2. The van der Waals surface area contributed by atoms with E-state index in [0.29, 0.717) is 0 Å². The molecule has 2 atom stereocenters. The Morgan fingerprint density at radius 2 is 2.25 bits per heavy atom. The van der Waals surface area contributed by atoms with Gasteiger partial charge in [0.1, 0.15) is 5.82 Å². The summed E-state index contributed by atoms with van der Waals surface area (Å²) in [6, 6.07) is 4.71. The van der Waals surface area contributed by atoms with Crippen LogP contribution >= 0.6 is 24.2 Å². The summed E-state index contributed by atoms with van der Waals surface area (Å²) in [5.41, 5.74) is 0.919. The number of fused-ring (bicyclic) bond motifs is 1. The van der Waals surface area contributed by atoms with Crippen molar-refractivity contribution in [2.75, 3.05) is 12.3 Å². The molecule has 6 heteroatoms. The molecule has 0 saturated carbocycles. The molecule has 3 rings (SSSR count). The van der Waals surface area contributed by atoms with Crippen LogP contribution in [0.15, 0.2) is 23.1 Å². The van der Waals surface area contributed by atoms with E-state index in [0.717, 1.165) is 42.0 Å². The van der Waals surface area contributed by atoms with Gasteiger partial charge in [0.2, 0.25) is 5.91 Å². The molecule has 2 aliphatic heterocycles. The second-order valence-corrected chi connectivity index (χ2v) is 6.17. The van der Waals surface area contributed by atoms with Gasteiger partial charge in [-0.2, -0.15) is 0 Å². The molecule has 2 N–H and O–H groups in total. The van der Waals surface area contributed by atoms with Crippen molar-refractivity contribution in [3.63, 3.8) is 0 Å². The smallest absolute Gasteiger partial charge is 0.237 e. The molecule has 0 aromatic heterocycles. The highest BCUT2D eigenvalue weighted by molar-refractivity contribution is 7.99. The van der Waals surface area contributed by atoms with Crippen LogP contribution in [0, 0.1) is 5.82 Å². The molecule has 0 spiro atoms. The van der Waals surface area contributed by atoms with Crippen LogP contribution in [0.2, 0.25) is 0 Å². The molecule has 0 aliphatic carbocycles. The Morgan fingerprint density at radius 1 is 1.40 bits per heavy atom. The maximum atomic E-state index is 13.4. The van der Waals surface area contributed by atoms with Crippen molar-refractivity contribution < 1.29 is 9.18 Å². The average Bonchev–Trinajstić information content (AvgIpc) is 2.93. The van der Waals surface area contributed by atoms with E-state index in [4.69, 9.17) is 0 Å². The van der Waals surface area contributed by atoms with Crippen molar-refractivity contribution in [2.45, 2.75) is 36.2 Å². The third-order valence-corrected chi connectivity index (χ3v) is 4.83. The third-order valence-electron chi connectivity index (χ3n) is 3.70. The lowest BCUT2D eigenvalue weighted by Gasteiger charge is -2.27. The van der Waals surface area contributed by atoms with Crippen LogP contribution in [-0.2, 0) is 4.79 Å². The largest absolute Gasteiger partial charge is 0.348 e. The van der Waals surface area contributed by atoms with E-state index in [1.807, 2.05) is 6.07 Å². The second kappa shape index (κ2) is 6.78. The van der Waals surface area contributed by atoms with Gasteiger partial charge in [-0.3, -0.25) is 4.79 Å². The summed E-state index contributed by atoms with van der Waals surface area (Å²) >= 11 is 1.73. The number of nitrogens with one attached hydrogen (secondary N) is 2. The number of carbonyl (C=O) groups excluding carboxylic acids is 1. The molecule has 3 nitrogen and oxygen atoms in total. The Hall–Kier alpha value is -0.780. The van der Waals surface area contributed by atoms with Gasteiger partial charge < -0.3 is 10.6 Å². The highest BCUT2D eigenvalue weighted by Crippen LogP contribution is 2.36. The van der Waals surface area contributed by atoms with Gasteiger partial charge in [-0.05, 0) is 49.6 Å². The number of hydrogen-bond acceptors (Lipinski definition) is 3. The van der Waals surface area contributed by atoms with Crippen LogP contribution < -0.4 is 10.6 Å². The van der Waals surface area contributed by atoms with Crippen LogP contribution in [0.3, 0.4) is 0 Å². The fourth-order valence-corrected chi connectivity index (χ4v) is 3.80. The fraction of sp³-hybridized carbons (Fsp3) is 0.500. The van der Waals surface area contributed by atoms with Gasteiger partial charge in [0, 0.05) is 10.6 Å². The van der Waals surface area contributed by atoms with E-state index in [2.05, 4.69) is 10.6 Å². The highest BCUT2D eigenvalue weighted by Gasteiger charge is 2.27. The van der Waals surface area contributed by atoms with Gasteiger partial charge >= 0.3 is 0 Å². The molecule has 1 saturated heterocycles. The van der Waals surface area contributed by atoms with Crippen LogP contribution in [0.25, 0.3) is 0 Å². The SMILES string of the molecule is Cl.O=C(NC1CCSc2ccc(F)cc21)C1CCCN1. The number of hydrogen-bond donors (Lipinski definition) is 2. The minimum atomic E-state index is -0.237. The molecule has 1 aromatic rings. The Labute approximate surface area is 128 Å². The molecule has 0 radical (unpaired) electrons.